The van der Waals surface area contributed by atoms with Crippen LogP contribution < -0.4 is 0 Å². The topological polar surface area (TPSA) is 119 Å². The predicted molar refractivity (Wildman–Crippen MR) is 179 cm³/mol. The van der Waals surface area contributed by atoms with E-state index >= 15 is 0 Å². The Morgan fingerprint density at radius 2 is 0.955 bits per heavy atom. The first-order valence-corrected chi connectivity index (χ1v) is 19.2. The molecule has 1 atom stereocenters. The van der Waals surface area contributed by atoms with E-state index < -0.39 is 32.5 Å². The number of allylic oxidation sites excluding steroid dienone is 4. The number of hydrogen-bond donors (Lipinski definition) is 2. The van der Waals surface area contributed by atoms with Crippen LogP contribution in [-0.4, -0.2) is 41.0 Å². The molecule has 8 nitrogen and oxygen atoms in total. The predicted octanol–water partition coefficient (Wildman–Crippen LogP) is 10.1. The molecule has 0 unspecified atom stereocenters. The average Bonchev–Trinajstić information content (AvgIpc) is 2.98. The molecule has 0 heterocycles. The Morgan fingerprint density at radius 1 is 0.568 bits per heavy atom. The Kier molecular flexibility index (Phi) is 30.5. The highest BCUT2D eigenvalue weighted by Crippen LogP contribution is 2.36. The Labute approximate surface area is 269 Å². The third kappa shape index (κ3) is 33.4. The van der Waals surface area contributed by atoms with Gasteiger partial charge in [0.05, 0.1) is 6.61 Å². The second-order valence-electron chi connectivity index (χ2n) is 11.8. The highest BCUT2D eigenvalue weighted by Gasteiger charge is 2.22. The Bertz CT molecular complexity index is 777. The lowest BCUT2D eigenvalue weighted by Crippen LogP contribution is -2.29. The molecule has 0 aromatic rings. The van der Waals surface area contributed by atoms with E-state index in [-0.39, 0.29) is 19.4 Å². The van der Waals surface area contributed by atoms with Crippen molar-refractivity contribution in [1.29, 1.82) is 0 Å². The summed E-state index contributed by atoms with van der Waals surface area (Å²) in [6, 6.07) is 0. The van der Waals surface area contributed by atoms with Gasteiger partial charge in [0.25, 0.3) is 0 Å². The molecule has 0 rings (SSSR count). The standard InChI is InChI=1S/C35H65O8P/c1-3-5-7-9-11-13-15-17-18-20-22-24-26-28-30-35(37)43-33(32-42-44(38,39)40)31-41-34(36)29-27-25-23-21-19-16-14-12-10-8-6-4-2/h12,14-15,17,33H,3-11,13,16,18-32H2,1-2H3,(H2,38,39,40)/b14-12-,17-15-/t33-/m1/s1. The summed E-state index contributed by atoms with van der Waals surface area (Å²) in [5.74, 6) is -0.905. The van der Waals surface area contributed by atoms with E-state index in [4.69, 9.17) is 19.3 Å². The Morgan fingerprint density at radius 3 is 1.43 bits per heavy atom. The third-order valence-corrected chi connectivity index (χ3v) is 7.93. The minimum absolute atomic E-state index is 0.201. The average molecular weight is 645 g/mol. The second kappa shape index (κ2) is 31.5. The first-order chi connectivity index (χ1) is 21.3. The van der Waals surface area contributed by atoms with Crippen LogP contribution in [0.3, 0.4) is 0 Å². The molecule has 2 N–H and O–H groups in total. The maximum Gasteiger partial charge on any atom is 0.469 e. The molecule has 0 radical (unpaired) electrons. The van der Waals surface area contributed by atoms with Crippen LogP contribution in [0.4, 0.5) is 0 Å². The SMILES string of the molecule is CCCCC/C=C\CCCCCCCC(=O)OC[C@H](COP(=O)(O)O)OC(=O)CCCCCCC/C=C\CCCCCCC. The van der Waals surface area contributed by atoms with Gasteiger partial charge in [-0.2, -0.15) is 0 Å². The van der Waals surface area contributed by atoms with Crippen LogP contribution in [0.1, 0.15) is 168 Å². The molecule has 0 aliphatic carbocycles. The first kappa shape index (κ1) is 42.5. The summed E-state index contributed by atoms with van der Waals surface area (Å²) in [5, 5.41) is 0. The number of carbonyl (C=O) groups excluding carboxylic acids is 2. The van der Waals surface area contributed by atoms with E-state index in [1.165, 1.54) is 64.2 Å². The van der Waals surface area contributed by atoms with Gasteiger partial charge in [0.1, 0.15) is 6.61 Å². The van der Waals surface area contributed by atoms with Crippen molar-refractivity contribution in [1.82, 2.24) is 0 Å². The van der Waals surface area contributed by atoms with E-state index in [0.29, 0.717) is 12.8 Å². The zero-order valence-corrected chi connectivity index (χ0v) is 29.0. The fourth-order valence-electron chi connectivity index (χ4n) is 4.77. The lowest BCUT2D eigenvalue weighted by atomic mass is 10.1. The Hall–Kier alpha value is -1.47. The molecule has 0 amide bonds. The summed E-state index contributed by atoms with van der Waals surface area (Å²) >= 11 is 0. The Balaban J connectivity index is 4.02. The molecule has 0 aromatic heterocycles. The highest BCUT2D eigenvalue weighted by atomic mass is 31.2. The smallest absolute Gasteiger partial charge is 0.462 e. The molecule has 0 aliphatic heterocycles. The van der Waals surface area contributed by atoms with E-state index in [2.05, 4.69) is 42.7 Å². The van der Waals surface area contributed by atoms with Gasteiger partial charge in [-0.15, -0.1) is 0 Å². The summed E-state index contributed by atoms with van der Waals surface area (Å²) in [4.78, 5) is 42.5. The monoisotopic (exact) mass is 644 g/mol. The number of phosphoric ester groups is 1. The van der Waals surface area contributed by atoms with Crippen molar-refractivity contribution < 1.29 is 37.9 Å². The number of rotatable bonds is 32. The van der Waals surface area contributed by atoms with Crippen LogP contribution in [-0.2, 0) is 28.2 Å². The van der Waals surface area contributed by atoms with Gasteiger partial charge < -0.3 is 19.3 Å². The van der Waals surface area contributed by atoms with Crippen molar-refractivity contribution in [2.75, 3.05) is 13.2 Å². The van der Waals surface area contributed by atoms with Crippen molar-refractivity contribution in [3.05, 3.63) is 24.3 Å². The lowest BCUT2D eigenvalue weighted by molar-refractivity contribution is -0.161. The molecule has 0 spiro atoms. The number of ether oxygens (including phenoxy) is 2. The molecule has 0 saturated heterocycles. The van der Waals surface area contributed by atoms with E-state index in [1.807, 2.05) is 0 Å². The van der Waals surface area contributed by atoms with Crippen LogP contribution in [0.2, 0.25) is 0 Å². The van der Waals surface area contributed by atoms with Crippen molar-refractivity contribution >= 4 is 19.8 Å². The van der Waals surface area contributed by atoms with E-state index in [9.17, 15) is 14.2 Å². The fraction of sp³-hybridized carbons (Fsp3) is 0.829. The summed E-state index contributed by atoms with van der Waals surface area (Å²) in [6.45, 7) is 3.62. The van der Waals surface area contributed by atoms with Gasteiger partial charge in [0.15, 0.2) is 6.10 Å². The molecule has 0 bridgehead atoms. The minimum Gasteiger partial charge on any atom is -0.462 e. The molecule has 0 aliphatic rings. The molecular formula is C35H65O8P. The molecule has 0 aromatic carbocycles. The number of phosphoric acid groups is 1. The summed E-state index contributed by atoms with van der Waals surface area (Å²) in [5.41, 5.74) is 0. The highest BCUT2D eigenvalue weighted by molar-refractivity contribution is 7.46. The normalized spacial score (nSPS) is 12.7. The molecule has 44 heavy (non-hydrogen) atoms. The van der Waals surface area contributed by atoms with Gasteiger partial charge in [0.2, 0.25) is 0 Å². The zero-order chi connectivity index (χ0) is 32.6. The lowest BCUT2D eigenvalue weighted by Gasteiger charge is -2.18. The maximum absolute atomic E-state index is 12.3. The molecular weight excluding hydrogens is 579 g/mol. The molecule has 0 fully saturated rings. The molecule has 0 saturated carbocycles. The largest absolute Gasteiger partial charge is 0.469 e. The summed E-state index contributed by atoms with van der Waals surface area (Å²) in [7, 11) is -4.75. The van der Waals surface area contributed by atoms with Crippen LogP contribution in [0.25, 0.3) is 0 Å². The van der Waals surface area contributed by atoms with Crippen LogP contribution in [0.5, 0.6) is 0 Å². The van der Waals surface area contributed by atoms with Gasteiger partial charge in [-0.1, -0.05) is 115 Å². The molecule has 258 valence electrons. The van der Waals surface area contributed by atoms with Crippen molar-refractivity contribution in [3.63, 3.8) is 0 Å². The summed E-state index contributed by atoms with van der Waals surface area (Å²) in [6.07, 6.45) is 33.3. The van der Waals surface area contributed by atoms with Crippen LogP contribution in [0.15, 0.2) is 24.3 Å². The minimum atomic E-state index is -4.75. The maximum atomic E-state index is 12.3. The van der Waals surface area contributed by atoms with Crippen LogP contribution in [0, 0.1) is 0 Å². The van der Waals surface area contributed by atoms with Crippen molar-refractivity contribution in [3.8, 4) is 0 Å². The number of hydrogen-bond acceptors (Lipinski definition) is 6. The van der Waals surface area contributed by atoms with E-state index in [1.54, 1.807) is 0 Å². The van der Waals surface area contributed by atoms with Gasteiger partial charge in [-0.25, -0.2) is 4.57 Å². The number of esters is 2. The fourth-order valence-corrected chi connectivity index (χ4v) is 5.13. The van der Waals surface area contributed by atoms with Gasteiger partial charge in [-0.05, 0) is 64.2 Å². The number of carbonyl (C=O) groups is 2. The van der Waals surface area contributed by atoms with Crippen LogP contribution >= 0.6 is 7.82 Å². The second-order valence-corrected chi connectivity index (χ2v) is 13.1. The number of unbranched alkanes of at least 4 members (excludes halogenated alkanes) is 18. The van der Waals surface area contributed by atoms with Gasteiger partial charge in [0, 0.05) is 12.8 Å². The van der Waals surface area contributed by atoms with E-state index in [0.717, 1.165) is 64.2 Å². The van der Waals surface area contributed by atoms with Gasteiger partial charge in [-0.3, -0.25) is 14.1 Å². The quantitative estimate of drug-likeness (QED) is 0.0321. The first-order valence-electron chi connectivity index (χ1n) is 17.6. The summed E-state index contributed by atoms with van der Waals surface area (Å²) < 4.78 is 26.2. The van der Waals surface area contributed by atoms with Gasteiger partial charge >= 0.3 is 19.8 Å². The molecule has 9 heteroatoms. The van der Waals surface area contributed by atoms with Crippen molar-refractivity contribution in [2.24, 2.45) is 0 Å². The third-order valence-electron chi connectivity index (χ3n) is 7.44. The van der Waals surface area contributed by atoms with Crippen molar-refractivity contribution in [2.45, 2.75) is 174 Å². The zero-order valence-electron chi connectivity index (χ0n) is 28.1.